The van der Waals surface area contributed by atoms with Gasteiger partial charge >= 0.3 is 5.97 Å². The highest BCUT2D eigenvalue weighted by Gasteiger charge is 2.56. The molecule has 2 N–H and O–H groups in total. The van der Waals surface area contributed by atoms with E-state index in [1.807, 2.05) is 31.2 Å². The Labute approximate surface area is 133 Å². The molecule has 4 rings (SSSR count). The van der Waals surface area contributed by atoms with Crippen molar-refractivity contribution < 1.29 is 14.6 Å². The maximum atomic E-state index is 12.0. The Morgan fingerprint density at radius 2 is 2.35 bits per heavy atom. The first kappa shape index (κ1) is 14.2. The maximum absolute atomic E-state index is 12.0. The molecule has 0 spiro atoms. The molecule has 0 unspecified atom stereocenters. The summed E-state index contributed by atoms with van der Waals surface area (Å²) in [6.07, 6.45) is 0. The van der Waals surface area contributed by atoms with Crippen LogP contribution < -0.4 is 4.74 Å². The lowest BCUT2D eigenvalue weighted by atomic mass is 9.73. The molecule has 1 fully saturated rings. The van der Waals surface area contributed by atoms with Crippen LogP contribution in [-0.2, 0) is 11.3 Å². The molecular formula is C16H18N4O3. The van der Waals surface area contributed by atoms with E-state index in [4.69, 9.17) is 4.74 Å². The minimum Gasteiger partial charge on any atom is -0.492 e. The lowest BCUT2D eigenvalue weighted by molar-refractivity contribution is -0.151. The number of nitrogens with one attached hydrogen (secondary N) is 1. The Hall–Kier alpha value is -2.41. The number of para-hydroxylation sites is 1. The zero-order valence-electron chi connectivity index (χ0n) is 12.8. The largest absolute Gasteiger partial charge is 0.492 e. The van der Waals surface area contributed by atoms with Gasteiger partial charge in [0.1, 0.15) is 23.6 Å². The highest BCUT2D eigenvalue weighted by molar-refractivity contribution is 5.78. The number of rotatable bonds is 3. The molecule has 1 aromatic heterocycles. The monoisotopic (exact) mass is 314 g/mol. The Morgan fingerprint density at radius 3 is 3.09 bits per heavy atom. The van der Waals surface area contributed by atoms with Gasteiger partial charge in [0.05, 0.1) is 6.54 Å². The number of aromatic amines is 1. The minimum absolute atomic E-state index is 0.0787. The van der Waals surface area contributed by atoms with E-state index < -0.39 is 11.4 Å². The van der Waals surface area contributed by atoms with Crippen molar-refractivity contribution in [2.45, 2.75) is 19.4 Å². The number of ether oxygens (including phenoxy) is 1. The van der Waals surface area contributed by atoms with Gasteiger partial charge in [0, 0.05) is 19.0 Å². The lowest BCUT2D eigenvalue weighted by Crippen LogP contribution is -2.45. The van der Waals surface area contributed by atoms with Crippen LogP contribution in [0.5, 0.6) is 5.75 Å². The van der Waals surface area contributed by atoms with Crippen molar-refractivity contribution in [1.82, 2.24) is 20.1 Å². The number of aryl methyl sites for hydroxylation is 1. The van der Waals surface area contributed by atoms with Crippen molar-refractivity contribution in [2.24, 2.45) is 5.41 Å². The molecule has 1 aromatic carbocycles. The summed E-state index contributed by atoms with van der Waals surface area (Å²) in [5, 5.41) is 16.8. The first-order valence-corrected chi connectivity index (χ1v) is 7.64. The summed E-state index contributed by atoms with van der Waals surface area (Å²) in [5.74, 6) is 1.37. The number of nitrogens with zero attached hydrogens (tertiary/aromatic N) is 3. The van der Waals surface area contributed by atoms with Crippen molar-refractivity contribution in [3.05, 3.63) is 41.5 Å². The first-order valence-electron chi connectivity index (χ1n) is 7.64. The van der Waals surface area contributed by atoms with Gasteiger partial charge in [-0.05, 0) is 18.6 Å². The van der Waals surface area contributed by atoms with Gasteiger partial charge < -0.3 is 9.84 Å². The fourth-order valence-corrected chi connectivity index (χ4v) is 3.71. The fraction of sp³-hybridized carbons (Fsp3) is 0.438. The molecule has 2 atom stereocenters. The summed E-state index contributed by atoms with van der Waals surface area (Å²) in [6, 6.07) is 7.72. The lowest BCUT2D eigenvalue weighted by Gasteiger charge is -2.35. The third kappa shape index (κ3) is 2.19. The van der Waals surface area contributed by atoms with Crippen LogP contribution in [0.3, 0.4) is 0 Å². The second-order valence-electron chi connectivity index (χ2n) is 6.35. The summed E-state index contributed by atoms with van der Waals surface area (Å²) >= 11 is 0. The van der Waals surface area contributed by atoms with Crippen molar-refractivity contribution >= 4 is 5.97 Å². The summed E-state index contributed by atoms with van der Waals surface area (Å²) in [5.41, 5.74) is 0.0782. The number of fused-ring (bicyclic) bond motifs is 3. The molecule has 2 aliphatic rings. The minimum atomic E-state index is -0.903. The predicted octanol–water partition coefficient (Wildman–Crippen LogP) is 1.18. The van der Waals surface area contributed by atoms with Gasteiger partial charge in [0.15, 0.2) is 5.82 Å². The number of hydrogen-bond acceptors (Lipinski definition) is 5. The molecule has 7 heteroatoms. The number of benzene rings is 1. The second kappa shape index (κ2) is 5.06. The van der Waals surface area contributed by atoms with Gasteiger partial charge in [-0.15, -0.1) is 0 Å². The number of hydrogen-bond donors (Lipinski definition) is 2. The fourth-order valence-electron chi connectivity index (χ4n) is 3.71. The van der Waals surface area contributed by atoms with Gasteiger partial charge in [-0.1, -0.05) is 18.2 Å². The average Bonchev–Trinajstić information content (AvgIpc) is 3.11. The highest BCUT2D eigenvalue weighted by Crippen LogP contribution is 2.49. The van der Waals surface area contributed by atoms with E-state index in [2.05, 4.69) is 20.1 Å². The molecule has 0 radical (unpaired) electrons. The average molecular weight is 314 g/mol. The van der Waals surface area contributed by atoms with Gasteiger partial charge in [-0.25, -0.2) is 4.98 Å². The normalized spacial score (nSPS) is 26.4. The van der Waals surface area contributed by atoms with Crippen LogP contribution in [0.2, 0.25) is 0 Å². The number of carbonyl (C=O) groups is 1. The predicted molar refractivity (Wildman–Crippen MR) is 81.1 cm³/mol. The molecule has 7 nitrogen and oxygen atoms in total. The van der Waals surface area contributed by atoms with Crippen LogP contribution >= 0.6 is 0 Å². The van der Waals surface area contributed by atoms with E-state index in [9.17, 15) is 9.90 Å². The van der Waals surface area contributed by atoms with Gasteiger partial charge in [-0.3, -0.25) is 14.8 Å². The smallest absolute Gasteiger partial charge is 0.315 e. The second-order valence-corrected chi connectivity index (χ2v) is 6.35. The van der Waals surface area contributed by atoms with Crippen molar-refractivity contribution in [3.8, 4) is 5.75 Å². The number of likely N-dealkylation sites (tertiary alicyclic amines) is 1. The van der Waals surface area contributed by atoms with Crippen molar-refractivity contribution in [2.75, 3.05) is 19.7 Å². The number of aromatic nitrogens is 3. The van der Waals surface area contributed by atoms with E-state index in [1.165, 1.54) is 0 Å². The third-order valence-corrected chi connectivity index (χ3v) is 4.83. The molecule has 2 aromatic rings. The van der Waals surface area contributed by atoms with Crippen LogP contribution in [0.1, 0.15) is 23.1 Å². The topological polar surface area (TPSA) is 91.3 Å². The Morgan fingerprint density at radius 1 is 1.52 bits per heavy atom. The number of aliphatic carboxylic acids is 1. The number of carboxylic acids is 1. The molecule has 3 heterocycles. The summed E-state index contributed by atoms with van der Waals surface area (Å²) < 4.78 is 5.76. The molecule has 1 saturated heterocycles. The van der Waals surface area contributed by atoms with E-state index in [-0.39, 0.29) is 12.5 Å². The summed E-state index contributed by atoms with van der Waals surface area (Å²) in [4.78, 5) is 18.4. The third-order valence-electron chi connectivity index (χ3n) is 4.83. The molecule has 0 aliphatic carbocycles. The Balaban J connectivity index is 1.66. The quantitative estimate of drug-likeness (QED) is 0.884. The SMILES string of the molecule is Cc1nc(CN2C[C@H]3c4ccccc4OC[C@@]3(C(=O)O)C2)n[nH]1. The zero-order valence-corrected chi connectivity index (χ0v) is 12.8. The summed E-state index contributed by atoms with van der Waals surface area (Å²) in [7, 11) is 0. The molecule has 120 valence electrons. The van der Waals surface area contributed by atoms with E-state index in [1.54, 1.807) is 0 Å². The van der Waals surface area contributed by atoms with E-state index in [0.29, 0.717) is 25.5 Å². The van der Waals surface area contributed by atoms with Gasteiger partial charge in [0.2, 0.25) is 0 Å². The zero-order chi connectivity index (χ0) is 16.0. The molecule has 0 bridgehead atoms. The van der Waals surface area contributed by atoms with Crippen LogP contribution in [0.25, 0.3) is 0 Å². The molecule has 0 saturated carbocycles. The summed E-state index contributed by atoms with van der Waals surface area (Å²) in [6.45, 7) is 3.70. The Kier molecular flexibility index (Phi) is 3.12. The van der Waals surface area contributed by atoms with Crippen LogP contribution in [-0.4, -0.2) is 50.9 Å². The molecule has 23 heavy (non-hydrogen) atoms. The van der Waals surface area contributed by atoms with Crippen molar-refractivity contribution in [3.63, 3.8) is 0 Å². The van der Waals surface area contributed by atoms with E-state index >= 15 is 0 Å². The Bertz CT molecular complexity index is 759. The molecule has 0 amide bonds. The maximum Gasteiger partial charge on any atom is 0.315 e. The van der Waals surface area contributed by atoms with Crippen LogP contribution in [0.15, 0.2) is 24.3 Å². The van der Waals surface area contributed by atoms with Crippen LogP contribution in [0, 0.1) is 12.3 Å². The van der Waals surface area contributed by atoms with Crippen LogP contribution in [0.4, 0.5) is 0 Å². The molecular weight excluding hydrogens is 296 g/mol. The highest BCUT2D eigenvalue weighted by atomic mass is 16.5. The van der Waals surface area contributed by atoms with Gasteiger partial charge in [-0.2, -0.15) is 5.10 Å². The number of carboxylic acid groups (broad SMARTS) is 1. The standard InChI is InChI=1S/C16H18N4O3/c1-10-17-14(19-18-10)7-20-6-12-11-4-2-3-5-13(11)23-9-16(12,8-20)15(21)22/h2-5,12H,6-9H2,1H3,(H,21,22)(H,17,18,19)/t12-,16-/m0/s1. The van der Waals surface area contributed by atoms with Crippen molar-refractivity contribution in [1.29, 1.82) is 0 Å². The van der Waals surface area contributed by atoms with E-state index in [0.717, 1.165) is 17.1 Å². The molecule has 2 aliphatic heterocycles. The van der Waals surface area contributed by atoms with Gasteiger partial charge in [0.25, 0.3) is 0 Å². The first-order chi connectivity index (χ1) is 11.1. The number of H-pyrrole nitrogens is 1.